The lowest BCUT2D eigenvalue weighted by molar-refractivity contribution is -0.137. The summed E-state index contributed by atoms with van der Waals surface area (Å²) in [6, 6.07) is 10.3. The summed E-state index contributed by atoms with van der Waals surface area (Å²) in [5.74, 6) is -0.0632. The van der Waals surface area contributed by atoms with Gasteiger partial charge in [-0.2, -0.15) is 27.8 Å². The topological polar surface area (TPSA) is 61.6 Å². The Kier molecular flexibility index (Phi) is 4.37. The average molecular weight is 364 g/mol. The molecule has 0 bridgehead atoms. The van der Waals surface area contributed by atoms with Crippen molar-refractivity contribution >= 4 is 22.4 Å². The number of hydrogen-bond acceptors (Lipinski definition) is 5. The molecular weight excluding hydrogens is 356 g/mol. The third-order valence-corrected chi connectivity index (χ3v) is 3.86. The van der Waals surface area contributed by atoms with Gasteiger partial charge < -0.3 is 5.32 Å². The molecule has 0 amide bonds. The third-order valence-electron chi connectivity index (χ3n) is 3.23. The molecule has 0 aliphatic rings. The lowest BCUT2D eigenvalue weighted by Crippen LogP contribution is -2.08. The highest BCUT2D eigenvalue weighted by Gasteiger charge is 2.33. The maximum absolute atomic E-state index is 13.0. The first kappa shape index (κ1) is 16.9. The lowest BCUT2D eigenvalue weighted by Gasteiger charge is -2.10. The molecule has 0 spiro atoms. The summed E-state index contributed by atoms with van der Waals surface area (Å²) in [5, 5.41) is 11.8. The molecule has 3 rings (SSSR count). The van der Waals surface area contributed by atoms with Gasteiger partial charge in [0, 0.05) is 22.8 Å². The Labute approximate surface area is 143 Å². The number of nitrogens with zero attached hydrogens (tertiary/aromatic N) is 3. The lowest BCUT2D eigenvalue weighted by atomic mass is 10.1. The van der Waals surface area contributed by atoms with Crippen molar-refractivity contribution in [3.63, 3.8) is 0 Å². The Morgan fingerprint density at radius 1 is 1.08 bits per heavy atom. The molecule has 0 radical (unpaired) electrons. The molecule has 0 unspecified atom stereocenters. The molecule has 9 heteroatoms. The first-order valence-electron chi connectivity index (χ1n) is 6.85. The van der Waals surface area contributed by atoms with Gasteiger partial charge in [0.25, 0.3) is 0 Å². The molecule has 0 atom stereocenters. The van der Waals surface area contributed by atoms with Crippen LogP contribution in [0.5, 0.6) is 0 Å². The molecule has 1 N–H and O–H groups in total. The fourth-order valence-electron chi connectivity index (χ4n) is 2.07. The smallest absolute Gasteiger partial charge is 0.330 e. The fraction of sp³-hybridized carbons (Fsp3) is 0.0625. The highest BCUT2D eigenvalue weighted by Crippen LogP contribution is 2.34. The van der Waals surface area contributed by atoms with Crippen LogP contribution in [0.1, 0.15) is 11.1 Å². The maximum atomic E-state index is 13.0. The Morgan fingerprint density at radius 3 is 2.44 bits per heavy atom. The normalized spacial score (nSPS) is 11.2. The van der Waals surface area contributed by atoms with Crippen LogP contribution in [-0.4, -0.2) is 9.36 Å². The van der Waals surface area contributed by atoms with Crippen molar-refractivity contribution < 1.29 is 17.6 Å². The van der Waals surface area contributed by atoms with Gasteiger partial charge in [0.05, 0.1) is 17.2 Å². The molecule has 1 heterocycles. The number of aromatic nitrogens is 2. The minimum absolute atomic E-state index is 0.133. The van der Waals surface area contributed by atoms with Gasteiger partial charge in [0.2, 0.25) is 5.13 Å². The van der Waals surface area contributed by atoms with Crippen molar-refractivity contribution in [2.45, 2.75) is 6.18 Å². The summed E-state index contributed by atoms with van der Waals surface area (Å²) in [6.07, 6.45) is -4.64. The first-order valence-corrected chi connectivity index (χ1v) is 7.62. The zero-order valence-corrected chi connectivity index (χ0v) is 13.1. The summed E-state index contributed by atoms with van der Waals surface area (Å²) in [7, 11) is 0. The van der Waals surface area contributed by atoms with Crippen LogP contribution in [0, 0.1) is 17.1 Å². The summed E-state index contributed by atoms with van der Waals surface area (Å²) >= 11 is 0.954. The molecule has 4 nitrogen and oxygen atoms in total. The van der Waals surface area contributed by atoms with Gasteiger partial charge >= 0.3 is 6.18 Å². The molecule has 0 aliphatic heterocycles. The second kappa shape index (κ2) is 6.49. The largest absolute Gasteiger partial charge is 0.417 e. The Hall–Kier alpha value is -2.99. The van der Waals surface area contributed by atoms with Crippen LogP contribution in [0.4, 0.5) is 28.4 Å². The van der Waals surface area contributed by atoms with Gasteiger partial charge in [0.15, 0.2) is 5.82 Å². The first-order chi connectivity index (χ1) is 11.9. The molecule has 0 saturated heterocycles. The number of alkyl halides is 3. The highest BCUT2D eigenvalue weighted by atomic mass is 32.1. The molecular formula is C16H8F4N4S. The van der Waals surface area contributed by atoms with Gasteiger partial charge in [-0.3, -0.25) is 0 Å². The van der Waals surface area contributed by atoms with E-state index in [0.717, 1.165) is 23.7 Å². The van der Waals surface area contributed by atoms with Crippen molar-refractivity contribution in [2.75, 3.05) is 5.32 Å². The number of anilines is 2. The van der Waals surface area contributed by atoms with Gasteiger partial charge in [0.1, 0.15) is 5.82 Å². The van der Waals surface area contributed by atoms with Crippen LogP contribution >= 0.6 is 11.5 Å². The maximum Gasteiger partial charge on any atom is 0.417 e. The summed E-state index contributed by atoms with van der Waals surface area (Å²) in [5.41, 5.74) is -0.764. The van der Waals surface area contributed by atoms with E-state index in [1.54, 1.807) is 0 Å². The number of benzene rings is 2. The molecule has 2 aromatic carbocycles. The minimum atomic E-state index is -4.64. The molecule has 126 valence electrons. The van der Waals surface area contributed by atoms with Gasteiger partial charge in [-0.25, -0.2) is 4.39 Å². The minimum Gasteiger partial charge on any atom is -0.330 e. The van der Waals surface area contributed by atoms with Gasteiger partial charge in [-0.15, -0.1) is 0 Å². The number of nitriles is 1. The van der Waals surface area contributed by atoms with Crippen molar-refractivity contribution in [2.24, 2.45) is 0 Å². The standard InChI is InChI=1S/C16H8F4N4S/c17-11-4-1-9(2-5-11)14-23-15(25-24-14)22-12-6-3-10(8-21)13(7-12)16(18,19)20/h1-7H,(H,22,23,24). The van der Waals surface area contributed by atoms with E-state index < -0.39 is 23.1 Å². The molecule has 1 aromatic heterocycles. The number of hydrogen-bond donors (Lipinski definition) is 1. The Morgan fingerprint density at radius 2 is 1.80 bits per heavy atom. The second-order valence-electron chi connectivity index (χ2n) is 4.92. The summed E-state index contributed by atoms with van der Waals surface area (Å²) < 4.78 is 55.9. The predicted molar refractivity (Wildman–Crippen MR) is 84.7 cm³/mol. The van der Waals surface area contributed by atoms with E-state index >= 15 is 0 Å². The molecule has 0 aliphatic carbocycles. The van der Waals surface area contributed by atoms with Crippen molar-refractivity contribution in [3.8, 4) is 17.5 Å². The highest BCUT2D eigenvalue weighted by molar-refractivity contribution is 7.09. The fourth-order valence-corrected chi connectivity index (χ4v) is 2.68. The monoisotopic (exact) mass is 364 g/mol. The van der Waals surface area contributed by atoms with Gasteiger partial charge in [-0.1, -0.05) is 0 Å². The van der Waals surface area contributed by atoms with Gasteiger partial charge in [-0.05, 0) is 42.5 Å². The van der Waals surface area contributed by atoms with Crippen molar-refractivity contribution in [3.05, 3.63) is 59.4 Å². The van der Waals surface area contributed by atoms with E-state index in [1.165, 1.54) is 36.4 Å². The third kappa shape index (κ3) is 3.75. The van der Waals surface area contributed by atoms with E-state index in [9.17, 15) is 17.6 Å². The van der Waals surface area contributed by atoms with Crippen LogP contribution in [0.2, 0.25) is 0 Å². The molecule has 0 saturated carbocycles. The molecule has 0 fully saturated rings. The van der Waals surface area contributed by atoms with E-state index in [4.69, 9.17) is 5.26 Å². The Balaban J connectivity index is 1.86. The quantitative estimate of drug-likeness (QED) is 0.666. The number of halogens is 4. The summed E-state index contributed by atoms with van der Waals surface area (Å²) in [4.78, 5) is 4.17. The molecule has 25 heavy (non-hydrogen) atoms. The van der Waals surface area contributed by atoms with Crippen LogP contribution in [0.15, 0.2) is 42.5 Å². The second-order valence-corrected chi connectivity index (χ2v) is 5.68. The van der Waals surface area contributed by atoms with E-state index in [0.29, 0.717) is 11.4 Å². The average Bonchev–Trinajstić information content (AvgIpc) is 3.03. The van der Waals surface area contributed by atoms with E-state index in [-0.39, 0.29) is 10.8 Å². The van der Waals surface area contributed by atoms with Crippen LogP contribution < -0.4 is 5.32 Å². The SMILES string of the molecule is N#Cc1ccc(Nc2nc(-c3ccc(F)cc3)ns2)cc1C(F)(F)F. The number of nitrogens with one attached hydrogen (secondary N) is 1. The zero-order valence-electron chi connectivity index (χ0n) is 12.3. The van der Waals surface area contributed by atoms with E-state index in [2.05, 4.69) is 14.7 Å². The van der Waals surface area contributed by atoms with Crippen LogP contribution in [0.25, 0.3) is 11.4 Å². The van der Waals surface area contributed by atoms with Crippen molar-refractivity contribution in [1.82, 2.24) is 9.36 Å². The zero-order chi connectivity index (χ0) is 18.0. The van der Waals surface area contributed by atoms with Crippen molar-refractivity contribution in [1.29, 1.82) is 5.26 Å². The van der Waals surface area contributed by atoms with Crippen LogP contribution in [-0.2, 0) is 6.18 Å². The van der Waals surface area contributed by atoms with E-state index in [1.807, 2.05) is 0 Å². The Bertz CT molecular complexity index is 942. The number of rotatable bonds is 3. The summed E-state index contributed by atoms with van der Waals surface area (Å²) in [6.45, 7) is 0. The van der Waals surface area contributed by atoms with Crippen LogP contribution in [0.3, 0.4) is 0 Å². The predicted octanol–water partition coefficient (Wildman–Crippen LogP) is 4.98. The molecule has 3 aromatic rings.